The molecule has 0 aliphatic carbocycles. The van der Waals surface area contributed by atoms with Crippen molar-refractivity contribution < 1.29 is 24.3 Å². The topological polar surface area (TPSA) is 128 Å². The number of aliphatic hydroxyl groups excluding tert-OH is 1. The van der Waals surface area contributed by atoms with Gasteiger partial charge < -0.3 is 15.7 Å². The number of aliphatic hydroxyl groups is 1. The maximum Gasteiger partial charge on any atom is 0.262 e. The third kappa shape index (κ3) is 2.93. The highest BCUT2D eigenvalue weighted by Gasteiger charge is 2.44. The van der Waals surface area contributed by atoms with Gasteiger partial charge in [0.15, 0.2) is 0 Å². The smallest absolute Gasteiger partial charge is 0.262 e. The van der Waals surface area contributed by atoms with Crippen LogP contribution in [0.25, 0.3) is 0 Å². The minimum atomic E-state index is -0.963. The van der Waals surface area contributed by atoms with Crippen LogP contribution in [0, 0.1) is 0 Å². The zero-order valence-corrected chi connectivity index (χ0v) is 14.6. The second kappa shape index (κ2) is 6.52. The van der Waals surface area contributed by atoms with Gasteiger partial charge in [0, 0.05) is 26.1 Å². The average molecular weight is 372 g/mol. The molecular weight excluding hydrogens is 352 g/mol. The summed E-state index contributed by atoms with van der Waals surface area (Å²) in [5.74, 6) is -2.05. The Labute approximate surface area is 155 Å². The van der Waals surface area contributed by atoms with Gasteiger partial charge in [-0.15, -0.1) is 0 Å². The first kappa shape index (κ1) is 17.8. The van der Waals surface area contributed by atoms with E-state index in [1.165, 1.54) is 0 Å². The SMILES string of the molecule is O=C1CCC(N2C(=O)c3ccc(CNC4(CO)CNC4)cc3C2=O)C(=O)N1. The van der Waals surface area contributed by atoms with Gasteiger partial charge in [0.25, 0.3) is 11.8 Å². The number of benzene rings is 1. The lowest BCUT2D eigenvalue weighted by Gasteiger charge is -2.42. The fourth-order valence-electron chi connectivity index (χ4n) is 3.64. The molecule has 4 amide bonds. The molecule has 0 saturated carbocycles. The van der Waals surface area contributed by atoms with Crippen LogP contribution in [0.1, 0.15) is 39.1 Å². The average Bonchev–Trinajstić information content (AvgIpc) is 2.86. The molecule has 1 aromatic carbocycles. The Kier molecular flexibility index (Phi) is 4.29. The molecule has 4 N–H and O–H groups in total. The minimum absolute atomic E-state index is 0.00560. The number of hydrogen-bond acceptors (Lipinski definition) is 7. The molecule has 9 nitrogen and oxygen atoms in total. The van der Waals surface area contributed by atoms with E-state index in [1.54, 1.807) is 18.2 Å². The number of rotatable bonds is 5. The summed E-state index contributed by atoms with van der Waals surface area (Å²) >= 11 is 0. The largest absolute Gasteiger partial charge is 0.394 e. The lowest BCUT2D eigenvalue weighted by molar-refractivity contribution is -0.136. The normalized spacial score (nSPS) is 23.9. The van der Waals surface area contributed by atoms with Crippen molar-refractivity contribution in [3.05, 3.63) is 34.9 Å². The molecule has 27 heavy (non-hydrogen) atoms. The van der Waals surface area contributed by atoms with Crippen molar-refractivity contribution in [1.82, 2.24) is 20.9 Å². The molecule has 142 valence electrons. The summed E-state index contributed by atoms with van der Waals surface area (Å²) in [7, 11) is 0. The first-order chi connectivity index (χ1) is 12.9. The van der Waals surface area contributed by atoms with Crippen LogP contribution < -0.4 is 16.0 Å². The molecule has 3 aliphatic rings. The summed E-state index contributed by atoms with van der Waals surface area (Å²) in [6.45, 7) is 1.77. The molecular formula is C18H20N4O5. The molecule has 2 saturated heterocycles. The van der Waals surface area contributed by atoms with Crippen molar-refractivity contribution in [2.75, 3.05) is 19.7 Å². The number of piperidine rings is 1. The second-order valence-electron chi connectivity index (χ2n) is 7.22. The number of carbonyl (C=O) groups excluding carboxylic acids is 4. The van der Waals surface area contributed by atoms with E-state index >= 15 is 0 Å². The van der Waals surface area contributed by atoms with E-state index in [4.69, 9.17) is 0 Å². The standard InChI is InChI=1S/C18H20N4O5/c23-9-18(7-19-8-18)20-6-10-1-2-11-12(5-10)17(27)22(16(11)26)13-3-4-14(24)21-15(13)25/h1-2,5,13,19-20,23H,3-4,6-9H2,(H,21,24,25). The van der Waals surface area contributed by atoms with Crippen molar-refractivity contribution in [2.24, 2.45) is 0 Å². The van der Waals surface area contributed by atoms with Crippen molar-refractivity contribution >= 4 is 23.6 Å². The van der Waals surface area contributed by atoms with E-state index in [-0.39, 0.29) is 36.1 Å². The number of imide groups is 2. The summed E-state index contributed by atoms with van der Waals surface area (Å²) in [6.07, 6.45) is 0.229. The fraction of sp³-hybridized carbons (Fsp3) is 0.444. The van der Waals surface area contributed by atoms with Crippen molar-refractivity contribution in [3.63, 3.8) is 0 Å². The summed E-state index contributed by atoms with van der Waals surface area (Å²) < 4.78 is 0. The van der Waals surface area contributed by atoms with E-state index in [0.29, 0.717) is 19.6 Å². The number of carbonyl (C=O) groups is 4. The Morgan fingerprint density at radius 3 is 2.52 bits per heavy atom. The first-order valence-corrected chi connectivity index (χ1v) is 8.85. The Balaban J connectivity index is 1.53. The summed E-state index contributed by atoms with van der Waals surface area (Å²) in [6, 6.07) is 4.02. The number of amides is 4. The molecule has 4 rings (SSSR count). The van der Waals surface area contributed by atoms with E-state index < -0.39 is 29.7 Å². The van der Waals surface area contributed by atoms with E-state index in [1.807, 2.05) is 0 Å². The molecule has 1 atom stereocenters. The maximum atomic E-state index is 12.8. The zero-order chi connectivity index (χ0) is 19.2. The van der Waals surface area contributed by atoms with Crippen LogP contribution in [0.4, 0.5) is 0 Å². The van der Waals surface area contributed by atoms with Crippen LogP contribution in [0.15, 0.2) is 18.2 Å². The molecule has 1 aromatic rings. The van der Waals surface area contributed by atoms with Gasteiger partial charge in [0.05, 0.1) is 23.3 Å². The Morgan fingerprint density at radius 2 is 1.89 bits per heavy atom. The van der Waals surface area contributed by atoms with Crippen LogP contribution in [0.2, 0.25) is 0 Å². The summed E-state index contributed by atoms with van der Waals surface area (Å²) in [4.78, 5) is 49.8. The monoisotopic (exact) mass is 372 g/mol. The van der Waals surface area contributed by atoms with Gasteiger partial charge in [0.2, 0.25) is 11.8 Å². The first-order valence-electron chi connectivity index (χ1n) is 8.85. The number of fused-ring (bicyclic) bond motifs is 1. The fourth-order valence-corrected chi connectivity index (χ4v) is 3.64. The van der Waals surface area contributed by atoms with Crippen LogP contribution in [-0.2, 0) is 16.1 Å². The van der Waals surface area contributed by atoms with E-state index in [0.717, 1.165) is 10.5 Å². The second-order valence-corrected chi connectivity index (χ2v) is 7.22. The lowest BCUT2D eigenvalue weighted by Crippen LogP contribution is -2.69. The molecule has 2 fully saturated rings. The van der Waals surface area contributed by atoms with Gasteiger partial charge in [0.1, 0.15) is 6.04 Å². The van der Waals surface area contributed by atoms with Crippen molar-refractivity contribution in [3.8, 4) is 0 Å². The number of hydrogen-bond donors (Lipinski definition) is 4. The Morgan fingerprint density at radius 1 is 1.15 bits per heavy atom. The predicted molar refractivity (Wildman–Crippen MR) is 92.6 cm³/mol. The van der Waals surface area contributed by atoms with E-state index in [2.05, 4.69) is 16.0 Å². The molecule has 0 aromatic heterocycles. The maximum absolute atomic E-state index is 12.8. The van der Waals surface area contributed by atoms with Gasteiger partial charge in [-0.25, -0.2) is 0 Å². The molecule has 1 unspecified atom stereocenters. The van der Waals surface area contributed by atoms with Gasteiger partial charge in [-0.1, -0.05) is 6.07 Å². The van der Waals surface area contributed by atoms with Crippen molar-refractivity contribution in [1.29, 1.82) is 0 Å². The molecule has 9 heteroatoms. The third-order valence-corrected chi connectivity index (χ3v) is 5.40. The highest BCUT2D eigenvalue weighted by molar-refractivity contribution is 6.23. The van der Waals surface area contributed by atoms with Gasteiger partial charge in [-0.3, -0.25) is 29.4 Å². The Hall–Kier alpha value is -2.62. The Bertz CT molecular complexity index is 843. The predicted octanol–water partition coefficient (Wildman–Crippen LogP) is -1.49. The summed E-state index contributed by atoms with van der Waals surface area (Å²) in [5, 5.41) is 18.1. The highest BCUT2D eigenvalue weighted by Crippen LogP contribution is 2.28. The molecule has 0 bridgehead atoms. The van der Waals surface area contributed by atoms with Crippen LogP contribution in [0.3, 0.4) is 0 Å². The minimum Gasteiger partial charge on any atom is -0.394 e. The van der Waals surface area contributed by atoms with Gasteiger partial charge in [-0.05, 0) is 24.1 Å². The summed E-state index contributed by atoms with van der Waals surface area (Å²) in [5.41, 5.74) is 0.960. The van der Waals surface area contributed by atoms with Gasteiger partial charge >= 0.3 is 0 Å². The third-order valence-electron chi connectivity index (χ3n) is 5.40. The van der Waals surface area contributed by atoms with E-state index in [9.17, 15) is 24.3 Å². The number of nitrogens with one attached hydrogen (secondary N) is 3. The van der Waals surface area contributed by atoms with Crippen LogP contribution >= 0.6 is 0 Å². The molecule has 3 heterocycles. The molecule has 0 spiro atoms. The molecule has 3 aliphatic heterocycles. The lowest BCUT2D eigenvalue weighted by atomic mass is 9.93. The highest BCUT2D eigenvalue weighted by atomic mass is 16.3. The van der Waals surface area contributed by atoms with Crippen LogP contribution in [0.5, 0.6) is 0 Å². The van der Waals surface area contributed by atoms with Crippen molar-refractivity contribution in [2.45, 2.75) is 31.0 Å². The molecule has 0 radical (unpaired) electrons. The quantitative estimate of drug-likeness (QED) is 0.464. The zero-order valence-electron chi connectivity index (χ0n) is 14.6. The van der Waals surface area contributed by atoms with Crippen LogP contribution in [-0.4, -0.2) is 64.9 Å². The number of nitrogens with zero attached hydrogens (tertiary/aromatic N) is 1. The van der Waals surface area contributed by atoms with Gasteiger partial charge in [-0.2, -0.15) is 0 Å².